The number of hydrogen-bond donors (Lipinski definition) is 3. The van der Waals surface area contributed by atoms with E-state index < -0.39 is 18.3 Å². The van der Waals surface area contributed by atoms with Gasteiger partial charge in [-0.2, -0.15) is 0 Å². The molecular weight excluding hydrogens is 260 g/mol. The maximum Gasteiger partial charge on any atom is 0.424 e. The molecule has 0 radical (unpaired) electrons. The van der Waals surface area contributed by atoms with Crippen molar-refractivity contribution in [3.8, 4) is 0 Å². The van der Waals surface area contributed by atoms with E-state index in [2.05, 4.69) is 14.2 Å². The molecule has 0 aliphatic heterocycles. The second-order valence-corrected chi connectivity index (χ2v) is 2.83. The van der Waals surface area contributed by atoms with Gasteiger partial charge in [-0.15, -0.1) is 0 Å². The zero-order valence-corrected chi connectivity index (χ0v) is 11.0. The van der Waals surface area contributed by atoms with Crippen molar-refractivity contribution < 1.29 is 28.6 Å². The Labute approximate surface area is 110 Å². The van der Waals surface area contributed by atoms with Gasteiger partial charge in [-0.1, -0.05) is 0 Å². The van der Waals surface area contributed by atoms with E-state index in [4.69, 9.17) is 0 Å². The highest BCUT2D eigenvalue weighted by Gasteiger charge is 2.16. The summed E-state index contributed by atoms with van der Waals surface area (Å²) in [6.07, 6.45) is -2.64. The van der Waals surface area contributed by atoms with Gasteiger partial charge in [0.15, 0.2) is 0 Å². The Morgan fingerprint density at radius 1 is 0.737 bits per heavy atom. The summed E-state index contributed by atoms with van der Waals surface area (Å²) in [7, 11) is 0. The number of ether oxygens (including phenoxy) is 3. The first-order valence-electron chi connectivity index (χ1n) is 5.63. The molecular formula is C9H18N4O6. The van der Waals surface area contributed by atoms with Crippen LogP contribution >= 0.6 is 0 Å². The van der Waals surface area contributed by atoms with Crippen molar-refractivity contribution in [1.29, 1.82) is 0 Å². The van der Waals surface area contributed by atoms with E-state index in [0.29, 0.717) is 5.23 Å². The number of rotatable bonds is 6. The van der Waals surface area contributed by atoms with Crippen LogP contribution in [-0.4, -0.2) is 43.3 Å². The molecule has 0 aromatic heterocycles. The third-order valence-electron chi connectivity index (χ3n) is 1.44. The SMILES string of the molecule is CCOC(=O)NN(NC(=O)OCC)NC(=O)OCC. The molecule has 0 rings (SSSR count). The fraction of sp³-hybridized carbons (Fsp3) is 0.667. The van der Waals surface area contributed by atoms with Crippen LogP contribution in [0.1, 0.15) is 20.8 Å². The van der Waals surface area contributed by atoms with Crippen molar-refractivity contribution in [3.05, 3.63) is 0 Å². The van der Waals surface area contributed by atoms with E-state index in [1.165, 1.54) is 0 Å². The molecule has 0 aromatic rings. The third kappa shape index (κ3) is 8.49. The Morgan fingerprint density at radius 2 is 1.00 bits per heavy atom. The topological polar surface area (TPSA) is 118 Å². The molecule has 0 saturated heterocycles. The molecule has 0 aromatic carbocycles. The monoisotopic (exact) mass is 278 g/mol. The Morgan fingerprint density at radius 3 is 1.21 bits per heavy atom. The number of nitrogens with one attached hydrogen (secondary N) is 3. The van der Waals surface area contributed by atoms with Gasteiger partial charge in [0.2, 0.25) is 0 Å². The third-order valence-corrected chi connectivity index (χ3v) is 1.44. The number of hydrogen-bond acceptors (Lipinski definition) is 7. The van der Waals surface area contributed by atoms with Gasteiger partial charge in [-0.3, -0.25) is 0 Å². The van der Waals surface area contributed by atoms with Crippen LogP contribution in [0.25, 0.3) is 0 Å². The van der Waals surface area contributed by atoms with E-state index in [0.717, 1.165) is 0 Å². The van der Waals surface area contributed by atoms with Gasteiger partial charge in [0.25, 0.3) is 0 Å². The lowest BCUT2D eigenvalue weighted by atomic mass is 10.9. The largest absolute Gasteiger partial charge is 0.449 e. The zero-order chi connectivity index (χ0) is 14.7. The summed E-state index contributed by atoms with van der Waals surface area (Å²) < 4.78 is 13.7. The number of amides is 3. The highest BCUT2D eigenvalue weighted by molar-refractivity contribution is 5.71. The molecule has 0 saturated carbocycles. The highest BCUT2D eigenvalue weighted by Crippen LogP contribution is 1.84. The van der Waals surface area contributed by atoms with Gasteiger partial charge in [0.05, 0.1) is 19.8 Å². The maximum atomic E-state index is 11.2. The summed E-state index contributed by atoms with van der Waals surface area (Å²) in [5.74, 6) is 0. The smallest absolute Gasteiger partial charge is 0.424 e. The van der Waals surface area contributed by atoms with Gasteiger partial charge in [0, 0.05) is 0 Å². The lowest BCUT2D eigenvalue weighted by molar-refractivity contribution is 0.0273. The van der Waals surface area contributed by atoms with Crippen LogP contribution in [0.2, 0.25) is 0 Å². The van der Waals surface area contributed by atoms with Crippen LogP contribution in [0.4, 0.5) is 14.4 Å². The first-order valence-corrected chi connectivity index (χ1v) is 5.63. The Hall–Kier alpha value is -2.23. The minimum atomic E-state index is -0.879. The number of nitrogens with zero attached hydrogens (tertiary/aromatic N) is 1. The minimum Gasteiger partial charge on any atom is -0.449 e. The van der Waals surface area contributed by atoms with E-state index >= 15 is 0 Å². The summed E-state index contributed by atoms with van der Waals surface area (Å²) in [4.78, 5) is 33.5. The summed E-state index contributed by atoms with van der Waals surface area (Å²) in [6.45, 7) is 5.17. The predicted octanol–water partition coefficient (Wildman–Crippen LogP) is 0.272. The molecule has 3 amide bonds. The Bertz CT molecular complexity index is 264. The molecule has 0 bridgehead atoms. The number of carbonyl (C=O) groups excluding carboxylic acids is 3. The van der Waals surface area contributed by atoms with E-state index in [1.54, 1.807) is 20.8 Å². The molecule has 0 fully saturated rings. The predicted molar refractivity (Wildman–Crippen MR) is 62.3 cm³/mol. The average molecular weight is 278 g/mol. The van der Waals surface area contributed by atoms with Gasteiger partial charge in [0.1, 0.15) is 0 Å². The molecule has 19 heavy (non-hydrogen) atoms. The molecule has 10 nitrogen and oxygen atoms in total. The first kappa shape index (κ1) is 16.8. The van der Waals surface area contributed by atoms with Crippen molar-refractivity contribution in [1.82, 2.24) is 21.5 Å². The fourth-order valence-corrected chi connectivity index (χ4v) is 0.848. The molecule has 0 aliphatic carbocycles. The van der Waals surface area contributed by atoms with Crippen molar-refractivity contribution in [2.45, 2.75) is 20.8 Å². The summed E-state index contributed by atoms with van der Waals surface area (Å²) in [5.41, 5.74) is 6.13. The van der Waals surface area contributed by atoms with Crippen LogP contribution in [0, 0.1) is 0 Å². The van der Waals surface area contributed by atoms with E-state index in [9.17, 15) is 14.4 Å². The van der Waals surface area contributed by atoms with Crippen LogP contribution in [0.5, 0.6) is 0 Å². The van der Waals surface area contributed by atoms with E-state index in [1.807, 2.05) is 16.3 Å². The standard InChI is InChI=1S/C9H18N4O6/c1-4-17-7(14)10-13(11-8(15)18-5-2)12-9(16)19-6-3/h4-6H2,1-3H3,(H,10,14)(H,11,15)(H,12,16). The quantitative estimate of drug-likeness (QED) is 0.471. The summed E-state index contributed by atoms with van der Waals surface area (Å²) >= 11 is 0. The van der Waals surface area contributed by atoms with Crippen molar-refractivity contribution in [2.24, 2.45) is 0 Å². The Balaban J connectivity index is 4.40. The second kappa shape index (κ2) is 9.76. The van der Waals surface area contributed by atoms with Crippen molar-refractivity contribution in [3.63, 3.8) is 0 Å². The van der Waals surface area contributed by atoms with Crippen LogP contribution < -0.4 is 16.3 Å². The lowest BCUT2D eigenvalue weighted by Gasteiger charge is -2.22. The fourth-order valence-electron chi connectivity index (χ4n) is 0.848. The van der Waals surface area contributed by atoms with Gasteiger partial charge in [-0.25, -0.2) is 30.7 Å². The lowest BCUT2D eigenvalue weighted by Crippen LogP contribution is -2.61. The molecule has 0 spiro atoms. The number of carbonyl (C=O) groups is 3. The van der Waals surface area contributed by atoms with Crippen LogP contribution in [0.3, 0.4) is 0 Å². The maximum absolute atomic E-state index is 11.2. The molecule has 0 atom stereocenters. The van der Waals surface area contributed by atoms with Crippen LogP contribution in [0.15, 0.2) is 0 Å². The summed E-state index contributed by atoms with van der Waals surface area (Å²) in [5, 5.41) is 0.577. The van der Waals surface area contributed by atoms with Gasteiger partial charge < -0.3 is 14.2 Å². The molecule has 3 N–H and O–H groups in total. The van der Waals surface area contributed by atoms with Crippen LogP contribution in [-0.2, 0) is 14.2 Å². The molecule has 10 heteroatoms. The second-order valence-electron chi connectivity index (χ2n) is 2.83. The van der Waals surface area contributed by atoms with Gasteiger partial charge >= 0.3 is 18.3 Å². The average Bonchev–Trinajstić information content (AvgIpc) is 2.29. The molecule has 0 heterocycles. The molecule has 0 aliphatic rings. The van der Waals surface area contributed by atoms with Gasteiger partial charge in [-0.05, 0) is 26.0 Å². The first-order chi connectivity index (χ1) is 9.03. The summed E-state index contributed by atoms with van der Waals surface area (Å²) in [6, 6.07) is 0. The minimum absolute atomic E-state index is 0.123. The van der Waals surface area contributed by atoms with Crippen molar-refractivity contribution in [2.75, 3.05) is 19.8 Å². The number of hydrazine groups is 3. The normalized spacial score (nSPS) is 9.47. The molecule has 0 unspecified atom stereocenters. The Kier molecular flexibility index (Phi) is 8.62. The zero-order valence-electron chi connectivity index (χ0n) is 11.0. The van der Waals surface area contributed by atoms with E-state index in [-0.39, 0.29) is 19.8 Å². The van der Waals surface area contributed by atoms with Crippen molar-refractivity contribution >= 4 is 18.3 Å². The highest BCUT2D eigenvalue weighted by atomic mass is 16.6. The molecule has 110 valence electrons.